The fourth-order valence-electron chi connectivity index (χ4n) is 2.37. The van der Waals surface area contributed by atoms with Crippen molar-refractivity contribution < 1.29 is 9.18 Å². The summed E-state index contributed by atoms with van der Waals surface area (Å²) in [7, 11) is 0. The Balaban J connectivity index is 2.58. The van der Waals surface area contributed by atoms with Crippen molar-refractivity contribution in [3.63, 3.8) is 0 Å². The van der Waals surface area contributed by atoms with Crippen molar-refractivity contribution in [3.05, 3.63) is 33.0 Å². The maximum absolute atomic E-state index is 13.7. The molecule has 0 aromatic heterocycles. The molecule has 0 radical (unpaired) electrons. The molecule has 2 rings (SSSR count). The lowest BCUT2D eigenvalue weighted by atomic mass is 9.89. The minimum Gasteiger partial charge on any atom is -0.211 e. The van der Waals surface area contributed by atoms with Crippen LogP contribution in [0.1, 0.15) is 31.2 Å². The highest BCUT2D eigenvalue weighted by atomic mass is 79.9. The zero-order valence-electron chi connectivity index (χ0n) is 8.97. The first-order chi connectivity index (χ1) is 8.10. The van der Waals surface area contributed by atoms with Crippen molar-refractivity contribution in [1.82, 2.24) is 0 Å². The predicted octanol–water partition coefficient (Wildman–Crippen LogP) is 4.35. The Hall–Kier alpha value is -0.700. The summed E-state index contributed by atoms with van der Waals surface area (Å²) in [6, 6.07) is 3.32. The number of aliphatic imine (C=N–C) groups is 1. The minimum atomic E-state index is -0.680. The van der Waals surface area contributed by atoms with Crippen LogP contribution < -0.4 is 0 Å². The Morgan fingerprint density at radius 1 is 1.41 bits per heavy atom. The zero-order chi connectivity index (χ0) is 12.5. The average Bonchev–Trinajstić information content (AvgIpc) is 2.76. The quantitative estimate of drug-likeness (QED) is 0.453. The van der Waals surface area contributed by atoms with Gasteiger partial charge in [0.1, 0.15) is 0 Å². The molecule has 0 amide bonds. The Morgan fingerprint density at radius 2 is 2.06 bits per heavy atom. The van der Waals surface area contributed by atoms with Crippen LogP contribution in [0.25, 0.3) is 0 Å². The molecule has 17 heavy (non-hydrogen) atoms. The van der Waals surface area contributed by atoms with Gasteiger partial charge in [0, 0.05) is 5.56 Å². The first-order valence-electron chi connectivity index (χ1n) is 5.34. The van der Waals surface area contributed by atoms with Crippen LogP contribution in [0.15, 0.2) is 21.6 Å². The average molecular weight is 319 g/mol. The Kier molecular flexibility index (Phi) is 3.67. The van der Waals surface area contributed by atoms with E-state index in [0.717, 1.165) is 12.8 Å². The number of benzene rings is 1. The molecule has 1 aliphatic rings. The number of hydrogen-bond donors (Lipinski definition) is 0. The molecule has 1 aromatic rings. The molecular formula is C12H10BrClFNO. The van der Waals surface area contributed by atoms with Crippen LogP contribution in [0.5, 0.6) is 0 Å². The van der Waals surface area contributed by atoms with E-state index in [4.69, 9.17) is 11.6 Å². The molecule has 0 atom stereocenters. The van der Waals surface area contributed by atoms with Gasteiger partial charge in [-0.1, -0.05) is 30.5 Å². The van der Waals surface area contributed by atoms with Gasteiger partial charge in [-0.05, 0) is 34.8 Å². The highest BCUT2D eigenvalue weighted by Crippen LogP contribution is 2.46. The van der Waals surface area contributed by atoms with Crippen molar-refractivity contribution in [2.45, 2.75) is 31.2 Å². The number of isocyanates is 1. The zero-order valence-corrected chi connectivity index (χ0v) is 11.3. The molecule has 0 unspecified atom stereocenters. The van der Waals surface area contributed by atoms with E-state index < -0.39 is 11.4 Å². The van der Waals surface area contributed by atoms with Gasteiger partial charge in [-0.25, -0.2) is 9.18 Å². The summed E-state index contributed by atoms with van der Waals surface area (Å²) in [4.78, 5) is 14.4. The van der Waals surface area contributed by atoms with Crippen LogP contribution in [0.4, 0.5) is 4.39 Å². The van der Waals surface area contributed by atoms with Crippen molar-refractivity contribution in [3.8, 4) is 0 Å². The van der Waals surface area contributed by atoms with Crippen molar-refractivity contribution in [2.75, 3.05) is 0 Å². The Morgan fingerprint density at radius 3 is 2.65 bits per heavy atom. The van der Waals surface area contributed by atoms with Crippen LogP contribution in [0, 0.1) is 5.82 Å². The van der Waals surface area contributed by atoms with E-state index in [9.17, 15) is 9.18 Å². The minimum absolute atomic E-state index is 0.0419. The normalized spacial score (nSPS) is 17.8. The van der Waals surface area contributed by atoms with Crippen molar-refractivity contribution in [1.29, 1.82) is 0 Å². The third-order valence-electron chi connectivity index (χ3n) is 3.23. The van der Waals surface area contributed by atoms with Crippen LogP contribution in [0.3, 0.4) is 0 Å². The standard InChI is InChI=1S/C12H10BrClFNO/c13-9-4-3-8(10(14)11(9)15)12(16-7-17)5-1-2-6-12/h3-4H,1-2,5-6H2. The third-order valence-corrected chi connectivity index (χ3v) is 4.21. The number of carbonyl (C=O) groups excluding carboxylic acids is 1. The first-order valence-corrected chi connectivity index (χ1v) is 6.51. The van der Waals surface area contributed by atoms with Crippen molar-refractivity contribution >= 4 is 33.6 Å². The van der Waals surface area contributed by atoms with Gasteiger partial charge in [-0.15, -0.1) is 0 Å². The van der Waals surface area contributed by atoms with E-state index in [1.165, 1.54) is 0 Å². The van der Waals surface area contributed by atoms with E-state index >= 15 is 0 Å². The van der Waals surface area contributed by atoms with Crippen molar-refractivity contribution in [2.24, 2.45) is 4.99 Å². The second-order valence-electron chi connectivity index (χ2n) is 4.16. The lowest BCUT2D eigenvalue weighted by Crippen LogP contribution is -2.20. The van der Waals surface area contributed by atoms with Gasteiger partial charge >= 0.3 is 0 Å². The summed E-state index contributed by atoms with van der Waals surface area (Å²) < 4.78 is 14.1. The summed E-state index contributed by atoms with van der Waals surface area (Å²) in [5.74, 6) is -0.503. The molecule has 0 saturated heterocycles. The molecule has 0 N–H and O–H groups in total. The van der Waals surface area contributed by atoms with Crippen LogP contribution in [-0.4, -0.2) is 6.08 Å². The molecule has 1 saturated carbocycles. The molecular weight excluding hydrogens is 308 g/mol. The predicted molar refractivity (Wildman–Crippen MR) is 67.4 cm³/mol. The van der Waals surface area contributed by atoms with E-state index in [0.29, 0.717) is 22.9 Å². The highest BCUT2D eigenvalue weighted by molar-refractivity contribution is 9.10. The van der Waals surface area contributed by atoms with Gasteiger partial charge in [0.15, 0.2) is 5.82 Å². The van der Waals surface area contributed by atoms with E-state index in [-0.39, 0.29) is 5.02 Å². The van der Waals surface area contributed by atoms with Gasteiger partial charge in [0.25, 0.3) is 0 Å². The third kappa shape index (κ3) is 2.17. The fourth-order valence-corrected chi connectivity index (χ4v) is 3.16. The lowest BCUT2D eigenvalue weighted by molar-refractivity contribution is 0.452. The summed E-state index contributed by atoms with van der Waals surface area (Å²) in [6.07, 6.45) is 4.93. The molecule has 0 spiro atoms. The van der Waals surface area contributed by atoms with E-state index in [1.807, 2.05) is 0 Å². The molecule has 0 heterocycles. The first kappa shape index (κ1) is 12.7. The summed E-state index contributed by atoms with van der Waals surface area (Å²) in [6.45, 7) is 0. The maximum atomic E-state index is 13.7. The second-order valence-corrected chi connectivity index (χ2v) is 5.40. The maximum Gasteiger partial charge on any atom is 0.235 e. The molecule has 90 valence electrons. The smallest absolute Gasteiger partial charge is 0.211 e. The van der Waals surface area contributed by atoms with Crippen LogP contribution >= 0.6 is 27.5 Å². The summed E-state index contributed by atoms with van der Waals surface area (Å²) in [5, 5.41) is 0.0419. The van der Waals surface area contributed by atoms with Crippen LogP contribution in [0.2, 0.25) is 5.02 Å². The van der Waals surface area contributed by atoms with Gasteiger partial charge in [-0.2, -0.15) is 4.99 Å². The molecule has 2 nitrogen and oxygen atoms in total. The van der Waals surface area contributed by atoms with Gasteiger partial charge < -0.3 is 0 Å². The number of nitrogens with zero attached hydrogens (tertiary/aromatic N) is 1. The van der Waals surface area contributed by atoms with Crippen LogP contribution in [-0.2, 0) is 10.3 Å². The molecule has 1 fully saturated rings. The highest BCUT2D eigenvalue weighted by Gasteiger charge is 2.38. The Bertz CT molecular complexity index is 494. The van der Waals surface area contributed by atoms with Gasteiger partial charge in [0.2, 0.25) is 6.08 Å². The molecule has 1 aromatic carbocycles. The second kappa shape index (κ2) is 4.89. The number of hydrogen-bond acceptors (Lipinski definition) is 2. The van der Waals surface area contributed by atoms with E-state index in [2.05, 4.69) is 20.9 Å². The fraction of sp³-hybridized carbons (Fsp3) is 0.417. The largest absolute Gasteiger partial charge is 0.235 e. The number of halogens is 3. The summed E-state index contributed by atoms with van der Waals surface area (Å²) in [5.41, 5.74) is -0.0962. The molecule has 0 bridgehead atoms. The topological polar surface area (TPSA) is 29.4 Å². The van der Waals surface area contributed by atoms with E-state index in [1.54, 1.807) is 18.2 Å². The summed E-state index contributed by atoms with van der Waals surface area (Å²) >= 11 is 9.09. The molecule has 0 aliphatic heterocycles. The lowest BCUT2D eigenvalue weighted by Gasteiger charge is -2.24. The van der Waals surface area contributed by atoms with Gasteiger partial charge in [-0.3, -0.25) is 0 Å². The monoisotopic (exact) mass is 317 g/mol. The molecule has 1 aliphatic carbocycles. The molecule has 5 heteroatoms. The van der Waals surface area contributed by atoms with Gasteiger partial charge in [0.05, 0.1) is 15.0 Å². The SMILES string of the molecule is O=C=NC1(c2ccc(Br)c(F)c2Cl)CCCC1. The Labute approximate surface area is 112 Å². The number of rotatable bonds is 2.